The first-order valence-electron chi connectivity index (χ1n) is 7.81. The Hall–Kier alpha value is -2.60. The van der Waals surface area contributed by atoms with Gasteiger partial charge >= 0.3 is 6.09 Å². The molecule has 6 heteroatoms. The Bertz CT molecular complexity index is 723. The number of anilines is 2. The van der Waals surface area contributed by atoms with Crippen molar-refractivity contribution in [2.75, 3.05) is 29.9 Å². The molecule has 1 saturated heterocycles. The molecule has 3 rings (SSSR count). The highest BCUT2D eigenvalue weighted by Crippen LogP contribution is 2.28. The van der Waals surface area contributed by atoms with Crippen LogP contribution in [0.1, 0.15) is 5.56 Å². The maximum absolute atomic E-state index is 14.5. The fourth-order valence-corrected chi connectivity index (χ4v) is 2.77. The molecule has 1 fully saturated rings. The molecule has 1 amide bonds. The van der Waals surface area contributed by atoms with Gasteiger partial charge in [0.1, 0.15) is 11.9 Å². The number of halogens is 1. The molecule has 0 spiro atoms. The number of rotatable bonds is 5. The molecule has 24 heavy (non-hydrogen) atoms. The third-order valence-electron chi connectivity index (χ3n) is 4.05. The van der Waals surface area contributed by atoms with Crippen LogP contribution in [0.4, 0.5) is 20.6 Å². The van der Waals surface area contributed by atoms with Crippen molar-refractivity contribution in [2.24, 2.45) is 5.73 Å². The average Bonchev–Trinajstić information content (AvgIpc) is 2.96. The minimum absolute atomic E-state index is 0.253. The molecule has 2 aromatic rings. The molecule has 5 nitrogen and oxygen atoms in total. The van der Waals surface area contributed by atoms with Crippen molar-refractivity contribution in [3.05, 3.63) is 59.9 Å². The SMILES string of the molecule is CN(Cc1ccccc1)c1ccc(N2C[C@H](CN)OC2=O)cc1F. The molecular weight excluding hydrogens is 309 g/mol. The van der Waals surface area contributed by atoms with Crippen LogP contribution in [0.5, 0.6) is 0 Å². The Labute approximate surface area is 140 Å². The van der Waals surface area contributed by atoms with E-state index in [0.29, 0.717) is 24.5 Å². The molecule has 0 aromatic heterocycles. The van der Waals surface area contributed by atoms with Crippen LogP contribution in [0.2, 0.25) is 0 Å². The van der Waals surface area contributed by atoms with E-state index in [-0.39, 0.29) is 18.5 Å². The van der Waals surface area contributed by atoms with E-state index in [4.69, 9.17) is 10.5 Å². The minimum atomic E-state index is -0.491. The molecule has 0 unspecified atom stereocenters. The zero-order valence-corrected chi connectivity index (χ0v) is 13.5. The van der Waals surface area contributed by atoms with Crippen LogP contribution in [0, 0.1) is 5.82 Å². The van der Waals surface area contributed by atoms with Gasteiger partial charge in [0.15, 0.2) is 0 Å². The molecule has 2 aromatic carbocycles. The molecule has 0 bridgehead atoms. The van der Waals surface area contributed by atoms with E-state index >= 15 is 0 Å². The molecule has 2 N–H and O–H groups in total. The van der Waals surface area contributed by atoms with E-state index in [0.717, 1.165) is 5.56 Å². The summed E-state index contributed by atoms with van der Waals surface area (Å²) >= 11 is 0. The standard InChI is InChI=1S/C18H20FN3O2/c1-21(11-13-5-3-2-4-6-13)17-8-7-14(9-16(17)19)22-12-15(10-20)24-18(22)23/h2-9,15H,10-12,20H2,1H3/t15-/m0/s1. The third kappa shape index (κ3) is 3.33. The van der Waals surface area contributed by atoms with E-state index in [9.17, 15) is 9.18 Å². The number of hydrogen-bond donors (Lipinski definition) is 1. The normalized spacial score (nSPS) is 17.0. The lowest BCUT2D eigenvalue weighted by Gasteiger charge is -2.21. The summed E-state index contributed by atoms with van der Waals surface area (Å²) < 4.78 is 19.6. The van der Waals surface area contributed by atoms with E-state index < -0.39 is 6.09 Å². The highest BCUT2D eigenvalue weighted by molar-refractivity contribution is 5.90. The van der Waals surface area contributed by atoms with E-state index in [1.54, 1.807) is 12.1 Å². The highest BCUT2D eigenvalue weighted by atomic mass is 19.1. The molecule has 1 heterocycles. The second-order valence-corrected chi connectivity index (χ2v) is 5.83. The lowest BCUT2D eigenvalue weighted by Crippen LogP contribution is -2.27. The summed E-state index contributed by atoms with van der Waals surface area (Å²) in [5, 5.41) is 0. The van der Waals surface area contributed by atoms with Crippen LogP contribution >= 0.6 is 0 Å². The van der Waals surface area contributed by atoms with Crippen molar-refractivity contribution >= 4 is 17.5 Å². The van der Waals surface area contributed by atoms with Gasteiger partial charge in [0.05, 0.1) is 17.9 Å². The van der Waals surface area contributed by atoms with Crippen LogP contribution in [0.15, 0.2) is 48.5 Å². The zero-order valence-electron chi connectivity index (χ0n) is 13.5. The molecule has 1 aliphatic heterocycles. The second kappa shape index (κ2) is 6.88. The smallest absolute Gasteiger partial charge is 0.414 e. The molecule has 0 saturated carbocycles. The fraction of sp³-hybridized carbons (Fsp3) is 0.278. The zero-order chi connectivity index (χ0) is 17.1. The summed E-state index contributed by atoms with van der Waals surface area (Å²) in [6.07, 6.45) is -0.837. The first-order valence-corrected chi connectivity index (χ1v) is 7.81. The number of carbonyl (C=O) groups excluding carboxylic acids is 1. The van der Waals surface area contributed by atoms with Crippen molar-refractivity contribution in [3.63, 3.8) is 0 Å². The van der Waals surface area contributed by atoms with Crippen LogP contribution < -0.4 is 15.5 Å². The summed E-state index contributed by atoms with van der Waals surface area (Å²) in [6.45, 7) is 1.19. The predicted octanol–water partition coefficient (Wildman–Crippen LogP) is 2.75. The first kappa shape index (κ1) is 16.3. The van der Waals surface area contributed by atoms with Crippen molar-refractivity contribution < 1.29 is 13.9 Å². The van der Waals surface area contributed by atoms with E-state index in [1.165, 1.54) is 11.0 Å². The van der Waals surface area contributed by atoms with Crippen LogP contribution in [-0.4, -0.2) is 32.3 Å². The lowest BCUT2D eigenvalue weighted by molar-refractivity contribution is 0.145. The third-order valence-corrected chi connectivity index (χ3v) is 4.05. The van der Waals surface area contributed by atoms with Gasteiger partial charge in [0.2, 0.25) is 0 Å². The Morgan fingerprint density at radius 2 is 2.04 bits per heavy atom. The molecule has 1 aliphatic rings. The Kier molecular flexibility index (Phi) is 4.66. The maximum atomic E-state index is 14.5. The van der Waals surface area contributed by atoms with Gasteiger partial charge in [0, 0.05) is 20.1 Å². The average molecular weight is 329 g/mol. The van der Waals surface area contributed by atoms with Gasteiger partial charge in [-0.3, -0.25) is 4.90 Å². The molecule has 1 atom stereocenters. The number of amides is 1. The van der Waals surface area contributed by atoms with Crippen molar-refractivity contribution in [1.29, 1.82) is 0 Å². The van der Waals surface area contributed by atoms with E-state index in [1.807, 2.05) is 42.3 Å². The van der Waals surface area contributed by atoms with Crippen molar-refractivity contribution in [3.8, 4) is 0 Å². The predicted molar refractivity (Wildman–Crippen MR) is 91.6 cm³/mol. The molecule has 0 radical (unpaired) electrons. The monoisotopic (exact) mass is 329 g/mol. The largest absolute Gasteiger partial charge is 0.443 e. The number of cyclic esters (lactones) is 1. The molecule has 126 valence electrons. The fourth-order valence-electron chi connectivity index (χ4n) is 2.77. The summed E-state index contributed by atoms with van der Waals surface area (Å²) in [5.74, 6) is -0.380. The number of nitrogens with two attached hydrogens (primary N) is 1. The van der Waals surface area contributed by atoms with Gasteiger partial charge in [0.25, 0.3) is 0 Å². The highest BCUT2D eigenvalue weighted by Gasteiger charge is 2.31. The number of nitrogens with zero attached hydrogens (tertiary/aromatic N) is 2. The van der Waals surface area contributed by atoms with Crippen LogP contribution in [-0.2, 0) is 11.3 Å². The minimum Gasteiger partial charge on any atom is -0.443 e. The van der Waals surface area contributed by atoms with Gasteiger partial charge in [-0.1, -0.05) is 30.3 Å². The van der Waals surface area contributed by atoms with Gasteiger partial charge in [-0.2, -0.15) is 0 Å². The second-order valence-electron chi connectivity index (χ2n) is 5.83. The van der Waals surface area contributed by atoms with Crippen molar-refractivity contribution in [1.82, 2.24) is 0 Å². The van der Waals surface area contributed by atoms with Gasteiger partial charge < -0.3 is 15.4 Å². The molecule has 0 aliphatic carbocycles. The topological polar surface area (TPSA) is 58.8 Å². The number of carbonyl (C=O) groups is 1. The van der Waals surface area contributed by atoms with Crippen LogP contribution in [0.25, 0.3) is 0 Å². The lowest BCUT2D eigenvalue weighted by atomic mass is 10.2. The maximum Gasteiger partial charge on any atom is 0.414 e. The summed E-state index contributed by atoms with van der Waals surface area (Å²) in [7, 11) is 1.83. The Morgan fingerprint density at radius 1 is 1.29 bits per heavy atom. The Morgan fingerprint density at radius 3 is 2.67 bits per heavy atom. The van der Waals surface area contributed by atoms with Crippen molar-refractivity contribution in [2.45, 2.75) is 12.6 Å². The van der Waals surface area contributed by atoms with E-state index in [2.05, 4.69) is 0 Å². The first-order chi connectivity index (χ1) is 11.6. The quantitative estimate of drug-likeness (QED) is 0.916. The Balaban J connectivity index is 1.76. The van der Waals surface area contributed by atoms with Gasteiger partial charge in [-0.15, -0.1) is 0 Å². The van der Waals surface area contributed by atoms with Gasteiger partial charge in [-0.05, 0) is 23.8 Å². The number of benzene rings is 2. The number of ether oxygens (including phenoxy) is 1. The molecular formula is C18H20FN3O2. The summed E-state index contributed by atoms with van der Waals surface area (Å²) in [5.41, 5.74) is 7.57. The number of hydrogen-bond acceptors (Lipinski definition) is 4. The van der Waals surface area contributed by atoms with Crippen LogP contribution in [0.3, 0.4) is 0 Å². The summed E-state index contributed by atoms with van der Waals surface area (Å²) in [6, 6.07) is 14.6. The van der Waals surface area contributed by atoms with Gasteiger partial charge in [-0.25, -0.2) is 9.18 Å². The summed E-state index contributed by atoms with van der Waals surface area (Å²) in [4.78, 5) is 15.1.